The molecule has 0 aromatic heterocycles. The Morgan fingerprint density at radius 2 is 2.28 bits per heavy atom. The number of amides is 2. The highest BCUT2D eigenvalue weighted by atomic mass is 32.2. The van der Waals surface area contributed by atoms with Crippen LogP contribution in [0.15, 0.2) is 0 Å². The van der Waals surface area contributed by atoms with Crippen LogP contribution in [0.3, 0.4) is 0 Å². The molecule has 1 aliphatic heterocycles. The molecule has 0 radical (unpaired) electrons. The van der Waals surface area contributed by atoms with Gasteiger partial charge in [-0.05, 0) is 6.92 Å². The first-order valence-electron chi connectivity index (χ1n) is 5.96. The van der Waals surface area contributed by atoms with Crippen molar-refractivity contribution in [3.8, 4) is 0 Å². The number of carbonyl (C=O) groups is 2. The Morgan fingerprint density at radius 1 is 1.56 bits per heavy atom. The van der Waals surface area contributed by atoms with Crippen molar-refractivity contribution >= 4 is 23.8 Å². The van der Waals surface area contributed by atoms with Crippen molar-refractivity contribution in [2.45, 2.75) is 13.0 Å². The SMILES string of the molecule is CCN(CCOC)C(=O)N1CCSCC1C(=O)O. The zero-order valence-electron chi connectivity index (χ0n) is 10.8. The molecule has 1 heterocycles. The van der Waals surface area contributed by atoms with Gasteiger partial charge in [0.15, 0.2) is 0 Å². The van der Waals surface area contributed by atoms with E-state index in [2.05, 4.69) is 0 Å². The predicted octanol–water partition coefficient (Wildman–Crippen LogP) is 0.577. The molecule has 6 nitrogen and oxygen atoms in total. The highest BCUT2D eigenvalue weighted by molar-refractivity contribution is 7.99. The molecule has 1 saturated heterocycles. The third kappa shape index (κ3) is 3.78. The molecule has 1 rings (SSSR count). The molecule has 2 amide bonds. The Kier molecular flexibility index (Phi) is 6.28. The van der Waals surface area contributed by atoms with E-state index in [1.807, 2.05) is 6.92 Å². The van der Waals surface area contributed by atoms with Crippen molar-refractivity contribution in [1.29, 1.82) is 0 Å². The number of carboxylic acid groups (broad SMARTS) is 1. The number of ether oxygens (including phenoxy) is 1. The molecule has 0 saturated carbocycles. The van der Waals surface area contributed by atoms with Gasteiger partial charge in [-0.3, -0.25) is 0 Å². The standard InChI is InChI=1S/C11H20N2O4S/c1-3-12(4-6-17-2)11(16)13-5-7-18-8-9(13)10(14)15/h9H,3-8H2,1-2H3,(H,14,15). The van der Waals surface area contributed by atoms with Gasteiger partial charge in [-0.15, -0.1) is 0 Å². The van der Waals surface area contributed by atoms with Crippen molar-refractivity contribution in [3.05, 3.63) is 0 Å². The smallest absolute Gasteiger partial charge is 0.327 e. The van der Waals surface area contributed by atoms with Gasteiger partial charge < -0.3 is 19.6 Å². The number of hydrogen-bond acceptors (Lipinski definition) is 4. The van der Waals surface area contributed by atoms with Crippen LogP contribution in [0.5, 0.6) is 0 Å². The largest absolute Gasteiger partial charge is 0.480 e. The summed E-state index contributed by atoms with van der Waals surface area (Å²) in [5.41, 5.74) is 0. The Morgan fingerprint density at radius 3 is 2.83 bits per heavy atom. The van der Waals surface area contributed by atoms with Crippen LogP contribution in [0.1, 0.15) is 6.92 Å². The maximum atomic E-state index is 12.3. The first kappa shape index (κ1) is 15.1. The van der Waals surface area contributed by atoms with E-state index >= 15 is 0 Å². The van der Waals surface area contributed by atoms with Gasteiger partial charge in [0.05, 0.1) is 6.61 Å². The zero-order valence-corrected chi connectivity index (χ0v) is 11.6. The third-order valence-corrected chi connectivity index (χ3v) is 3.90. The van der Waals surface area contributed by atoms with Crippen molar-refractivity contribution in [3.63, 3.8) is 0 Å². The van der Waals surface area contributed by atoms with Gasteiger partial charge in [-0.25, -0.2) is 9.59 Å². The van der Waals surface area contributed by atoms with E-state index < -0.39 is 12.0 Å². The third-order valence-electron chi connectivity index (χ3n) is 2.88. The number of carbonyl (C=O) groups excluding carboxylic acids is 1. The number of rotatable bonds is 5. The summed E-state index contributed by atoms with van der Waals surface area (Å²) in [4.78, 5) is 26.5. The molecule has 1 atom stereocenters. The van der Waals surface area contributed by atoms with Crippen LogP contribution in [-0.4, -0.2) is 77.8 Å². The van der Waals surface area contributed by atoms with Crippen LogP contribution in [-0.2, 0) is 9.53 Å². The molecule has 0 aromatic rings. The first-order valence-corrected chi connectivity index (χ1v) is 7.12. The van der Waals surface area contributed by atoms with Gasteiger partial charge in [0.1, 0.15) is 6.04 Å². The summed E-state index contributed by atoms with van der Waals surface area (Å²) >= 11 is 1.57. The summed E-state index contributed by atoms with van der Waals surface area (Å²) < 4.78 is 4.95. The molecule has 0 bridgehead atoms. The fourth-order valence-electron chi connectivity index (χ4n) is 1.81. The minimum absolute atomic E-state index is 0.206. The maximum absolute atomic E-state index is 12.3. The van der Waals surface area contributed by atoms with Crippen LogP contribution < -0.4 is 0 Å². The molecule has 1 aliphatic rings. The van der Waals surface area contributed by atoms with E-state index in [0.29, 0.717) is 32.0 Å². The Bertz CT molecular complexity index is 301. The lowest BCUT2D eigenvalue weighted by Gasteiger charge is -2.36. The molecule has 0 spiro atoms. The maximum Gasteiger partial charge on any atom is 0.327 e. The van der Waals surface area contributed by atoms with Crippen LogP contribution in [0.25, 0.3) is 0 Å². The van der Waals surface area contributed by atoms with Gasteiger partial charge in [0.2, 0.25) is 0 Å². The minimum Gasteiger partial charge on any atom is -0.480 e. The molecular weight excluding hydrogens is 256 g/mol. The topological polar surface area (TPSA) is 70.1 Å². The second-order valence-corrected chi connectivity index (χ2v) is 5.13. The van der Waals surface area contributed by atoms with E-state index in [0.717, 1.165) is 5.75 Å². The fourth-order valence-corrected chi connectivity index (χ4v) is 2.85. The average molecular weight is 276 g/mol. The number of carboxylic acids is 1. The second-order valence-electron chi connectivity index (χ2n) is 3.98. The molecule has 1 unspecified atom stereocenters. The van der Waals surface area contributed by atoms with Crippen LogP contribution in [0.2, 0.25) is 0 Å². The number of nitrogens with zero attached hydrogens (tertiary/aromatic N) is 2. The van der Waals surface area contributed by atoms with E-state index in [1.54, 1.807) is 23.8 Å². The van der Waals surface area contributed by atoms with E-state index in [1.165, 1.54) is 4.90 Å². The highest BCUT2D eigenvalue weighted by Gasteiger charge is 2.34. The lowest BCUT2D eigenvalue weighted by atomic mass is 10.3. The lowest BCUT2D eigenvalue weighted by Crippen LogP contribution is -2.55. The number of aliphatic carboxylic acids is 1. The summed E-state index contributed by atoms with van der Waals surface area (Å²) in [6.07, 6.45) is 0. The van der Waals surface area contributed by atoms with E-state index in [9.17, 15) is 9.59 Å². The highest BCUT2D eigenvalue weighted by Crippen LogP contribution is 2.18. The Labute approximate surface area is 111 Å². The monoisotopic (exact) mass is 276 g/mol. The number of likely N-dealkylation sites (N-methyl/N-ethyl adjacent to an activating group) is 1. The molecule has 7 heteroatoms. The van der Waals surface area contributed by atoms with Gasteiger partial charge in [-0.1, -0.05) is 0 Å². The second kappa shape index (κ2) is 7.48. The summed E-state index contributed by atoms with van der Waals surface area (Å²) in [6, 6.07) is -0.921. The molecule has 104 valence electrons. The van der Waals surface area contributed by atoms with Gasteiger partial charge >= 0.3 is 12.0 Å². The van der Waals surface area contributed by atoms with Crippen molar-refractivity contribution < 1.29 is 19.4 Å². The van der Waals surface area contributed by atoms with Crippen LogP contribution in [0.4, 0.5) is 4.79 Å². The number of urea groups is 1. The summed E-state index contributed by atoms with van der Waals surface area (Å²) in [5.74, 6) is 0.318. The molecule has 0 aliphatic carbocycles. The molecule has 0 aromatic carbocycles. The average Bonchev–Trinajstić information content (AvgIpc) is 2.39. The van der Waals surface area contributed by atoms with Crippen LogP contribution >= 0.6 is 11.8 Å². The van der Waals surface area contributed by atoms with Crippen molar-refractivity contribution in [1.82, 2.24) is 9.80 Å². The van der Waals surface area contributed by atoms with Crippen LogP contribution in [0, 0.1) is 0 Å². The first-order chi connectivity index (χ1) is 8.61. The molecular formula is C11H20N2O4S. The van der Waals surface area contributed by atoms with E-state index in [4.69, 9.17) is 9.84 Å². The summed E-state index contributed by atoms with van der Waals surface area (Å²) in [6.45, 7) is 3.87. The fraction of sp³-hybridized carbons (Fsp3) is 0.818. The van der Waals surface area contributed by atoms with E-state index in [-0.39, 0.29) is 6.03 Å². The number of methoxy groups -OCH3 is 1. The Hall–Kier alpha value is -0.950. The minimum atomic E-state index is -0.932. The van der Waals surface area contributed by atoms with Gasteiger partial charge in [0.25, 0.3) is 0 Å². The molecule has 18 heavy (non-hydrogen) atoms. The Balaban J connectivity index is 2.68. The zero-order chi connectivity index (χ0) is 13.5. The molecule has 1 fully saturated rings. The normalized spacial score (nSPS) is 19.7. The number of hydrogen-bond donors (Lipinski definition) is 1. The van der Waals surface area contributed by atoms with Gasteiger partial charge in [0, 0.05) is 38.2 Å². The van der Waals surface area contributed by atoms with Crippen molar-refractivity contribution in [2.75, 3.05) is 44.9 Å². The number of thioether (sulfide) groups is 1. The predicted molar refractivity (Wildman–Crippen MR) is 70.0 cm³/mol. The molecule has 1 N–H and O–H groups in total. The lowest BCUT2D eigenvalue weighted by molar-refractivity contribution is -0.141. The summed E-state index contributed by atoms with van der Waals surface area (Å²) in [7, 11) is 1.58. The summed E-state index contributed by atoms with van der Waals surface area (Å²) in [5, 5.41) is 9.14. The quantitative estimate of drug-likeness (QED) is 0.795. The van der Waals surface area contributed by atoms with Crippen molar-refractivity contribution in [2.24, 2.45) is 0 Å². The van der Waals surface area contributed by atoms with Gasteiger partial charge in [-0.2, -0.15) is 11.8 Å².